The minimum Gasteiger partial charge on any atom is -0.394 e. The number of aliphatic hydroxyl groups excluding tert-OH is 4. The summed E-state index contributed by atoms with van der Waals surface area (Å²) in [7, 11) is 0. The molecule has 0 spiro atoms. The van der Waals surface area contributed by atoms with Crippen molar-refractivity contribution in [1.29, 1.82) is 0 Å². The fraction of sp³-hybridized carbons (Fsp3) is 0.750. The predicted octanol–water partition coefficient (Wildman–Crippen LogP) is -2.88. The highest BCUT2D eigenvalue weighted by atomic mass is 17.2. The van der Waals surface area contributed by atoms with Gasteiger partial charge in [-0.15, -0.1) is 0 Å². The lowest BCUT2D eigenvalue weighted by molar-refractivity contribution is -0.306. The summed E-state index contributed by atoms with van der Waals surface area (Å²) in [6.45, 7) is 0.199. The van der Waals surface area contributed by atoms with Crippen LogP contribution in [-0.2, 0) is 19.4 Å². The lowest BCUT2D eigenvalue weighted by Gasteiger charge is -2.24. The Morgan fingerprint density at radius 1 is 1.31 bits per heavy atom. The van der Waals surface area contributed by atoms with Crippen molar-refractivity contribution >= 4 is 12.3 Å². The van der Waals surface area contributed by atoms with Crippen LogP contribution in [0.5, 0.6) is 0 Å². The highest BCUT2D eigenvalue weighted by Crippen LogP contribution is 2.07. The van der Waals surface area contributed by atoms with Crippen molar-refractivity contribution in [3.05, 3.63) is 0 Å². The van der Waals surface area contributed by atoms with Crippen LogP contribution in [-0.4, -0.2) is 63.7 Å². The van der Waals surface area contributed by atoms with Gasteiger partial charge < -0.3 is 25.2 Å². The Bertz CT molecular complexity index is 230. The van der Waals surface area contributed by atoms with E-state index in [9.17, 15) is 19.8 Å². The molecule has 0 amide bonds. The molecule has 0 aromatic rings. The van der Waals surface area contributed by atoms with Gasteiger partial charge in [-0.2, -0.15) is 4.89 Å². The molecule has 0 saturated heterocycles. The fourth-order valence-electron chi connectivity index (χ4n) is 0.813. The van der Waals surface area contributed by atoms with E-state index in [0.717, 1.165) is 6.92 Å². The number of rotatable bonds is 7. The Labute approximate surface area is 91.0 Å². The topological polar surface area (TPSA) is 134 Å². The van der Waals surface area contributed by atoms with Gasteiger partial charge in [0.15, 0.2) is 12.4 Å². The van der Waals surface area contributed by atoms with E-state index < -0.39 is 37.0 Å². The zero-order valence-electron chi connectivity index (χ0n) is 8.52. The van der Waals surface area contributed by atoms with Crippen molar-refractivity contribution in [3.8, 4) is 0 Å². The van der Waals surface area contributed by atoms with Crippen molar-refractivity contribution in [3.63, 3.8) is 0 Å². The molecule has 8 nitrogen and oxygen atoms in total. The van der Waals surface area contributed by atoms with Gasteiger partial charge in [0.2, 0.25) is 0 Å². The van der Waals surface area contributed by atoms with Gasteiger partial charge in [0.25, 0.3) is 0 Å². The summed E-state index contributed by atoms with van der Waals surface area (Å²) in [6, 6.07) is 0. The number of aliphatic hydroxyl groups is 4. The van der Waals surface area contributed by atoms with Crippen LogP contribution < -0.4 is 0 Å². The zero-order chi connectivity index (χ0) is 12.7. The average molecular weight is 238 g/mol. The molecule has 4 N–H and O–H groups in total. The normalized spacial score (nSPS) is 18.3. The van der Waals surface area contributed by atoms with Gasteiger partial charge in [-0.1, -0.05) is 0 Å². The molecular weight excluding hydrogens is 224 g/mol. The molecule has 0 aliphatic rings. The molecule has 0 aliphatic carbocycles. The molecule has 94 valence electrons. The van der Waals surface area contributed by atoms with E-state index in [1.54, 1.807) is 0 Å². The molecule has 8 heteroatoms. The third kappa shape index (κ3) is 4.64. The molecule has 0 radical (unpaired) electrons. The standard InChI is InChI=1S/C8H14O8/c1-4(11)15-16-6(3-10)8(14)7(13)5(12)2-9/h3,5-9,12-14H,2H2,1H3/t5-,6-,7-,8-/m1/s1. The Morgan fingerprint density at radius 2 is 1.88 bits per heavy atom. The molecule has 0 aliphatic heterocycles. The first-order valence-electron chi connectivity index (χ1n) is 4.38. The molecule has 0 bridgehead atoms. The number of aldehydes is 1. The van der Waals surface area contributed by atoms with E-state index in [4.69, 9.17) is 10.2 Å². The van der Waals surface area contributed by atoms with Crippen LogP contribution in [0, 0.1) is 0 Å². The number of hydrogen-bond acceptors (Lipinski definition) is 8. The average Bonchev–Trinajstić information content (AvgIpc) is 2.27. The molecule has 0 aromatic heterocycles. The van der Waals surface area contributed by atoms with Crippen molar-refractivity contribution in [2.24, 2.45) is 0 Å². The lowest BCUT2D eigenvalue weighted by Crippen LogP contribution is -2.47. The first-order chi connectivity index (χ1) is 7.43. The Morgan fingerprint density at radius 3 is 2.25 bits per heavy atom. The Hall–Kier alpha value is -1.06. The highest BCUT2D eigenvalue weighted by Gasteiger charge is 2.33. The maximum atomic E-state index is 10.4. The van der Waals surface area contributed by atoms with Gasteiger partial charge in [0, 0.05) is 6.92 Å². The second-order valence-electron chi connectivity index (χ2n) is 3.00. The van der Waals surface area contributed by atoms with Crippen molar-refractivity contribution in [1.82, 2.24) is 0 Å². The van der Waals surface area contributed by atoms with E-state index in [1.165, 1.54) is 0 Å². The third-order valence-corrected chi connectivity index (χ3v) is 1.68. The van der Waals surface area contributed by atoms with Crippen LogP contribution >= 0.6 is 0 Å². The minimum atomic E-state index is -1.83. The molecular formula is C8H14O8. The van der Waals surface area contributed by atoms with Gasteiger partial charge in [-0.3, -0.25) is 4.89 Å². The van der Waals surface area contributed by atoms with Crippen molar-refractivity contribution < 1.29 is 39.8 Å². The Kier molecular flexibility index (Phi) is 6.77. The van der Waals surface area contributed by atoms with E-state index in [2.05, 4.69) is 9.78 Å². The van der Waals surface area contributed by atoms with Crippen LogP contribution in [0.25, 0.3) is 0 Å². The van der Waals surface area contributed by atoms with Gasteiger partial charge in [0.1, 0.15) is 18.3 Å². The fourth-order valence-corrected chi connectivity index (χ4v) is 0.813. The molecule has 0 fully saturated rings. The first kappa shape index (κ1) is 14.9. The summed E-state index contributed by atoms with van der Waals surface area (Å²) in [5, 5.41) is 36.0. The minimum absolute atomic E-state index is 0.0842. The van der Waals surface area contributed by atoms with Gasteiger partial charge in [-0.05, 0) is 0 Å². The first-order valence-corrected chi connectivity index (χ1v) is 4.38. The molecule has 0 aromatic carbocycles. The lowest BCUT2D eigenvalue weighted by atomic mass is 10.0. The summed E-state index contributed by atoms with van der Waals surface area (Å²) < 4.78 is 0. The largest absolute Gasteiger partial charge is 0.394 e. The van der Waals surface area contributed by atoms with Gasteiger partial charge in [0.05, 0.1) is 6.61 Å². The molecule has 0 saturated carbocycles. The number of carbonyl (C=O) groups excluding carboxylic acids is 2. The van der Waals surface area contributed by atoms with E-state index >= 15 is 0 Å². The van der Waals surface area contributed by atoms with Crippen molar-refractivity contribution in [2.45, 2.75) is 31.3 Å². The second-order valence-corrected chi connectivity index (χ2v) is 3.00. The quantitative estimate of drug-likeness (QED) is 0.211. The molecule has 0 rings (SSSR count). The monoisotopic (exact) mass is 238 g/mol. The number of hydrogen-bond donors (Lipinski definition) is 4. The highest BCUT2D eigenvalue weighted by molar-refractivity contribution is 5.65. The maximum Gasteiger partial charge on any atom is 0.339 e. The van der Waals surface area contributed by atoms with Gasteiger partial charge in [-0.25, -0.2) is 4.79 Å². The van der Waals surface area contributed by atoms with Crippen LogP contribution in [0.4, 0.5) is 0 Å². The van der Waals surface area contributed by atoms with Crippen LogP contribution in [0.15, 0.2) is 0 Å². The Balaban J connectivity index is 4.33. The smallest absolute Gasteiger partial charge is 0.339 e. The SMILES string of the molecule is CC(=O)OO[C@H](C=O)[C@@H](O)[C@H](O)[C@H](O)CO. The van der Waals surface area contributed by atoms with Crippen LogP contribution in [0.2, 0.25) is 0 Å². The van der Waals surface area contributed by atoms with E-state index in [0.29, 0.717) is 0 Å². The molecule has 4 atom stereocenters. The van der Waals surface area contributed by atoms with Gasteiger partial charge >= 0.3 is 5.97 Å². The summed E-state index contributed by atoms with van der Waals surface area (Å²) in [6.07, 6.45) is -6.85. The van der Waals surface area contributed by atoms with Crippen LogP contribution in [0.1, 0.15) is 6.92 Å². The van der Waals surface area contributed by atoms with Crippen LogP contribution in [0.3, 0.4) is 0 Å². The summed E-state index contributed by atoms with van der Waals surface area (Å²) in [5.41, 5.74) is 0. The molecule has 0 heterocycles. The second kappa shape index (κ2) is 7.25. The zero-order valence-corrected chi connectivity index (χ0v) is 8.52. The van der Waals surface area contributed by atoms with E-state index in [-0.39, 0.29) is 6.29 Å². The summed E-state index contributed by atoms with van der Waals surface area (Å²) in [5.74, 6) is -0.851. The third-order valence-electron chi connectivity index (χ3n) is 1.68. The van der Waals surface area contributed by atoms with Crippen molar-refractivity contribution in [2.75, 3.05) is 6.61 Å². The maximum absolute atomic E-state index is 10.4. The summed E-state index contributed by atoms with van der Waals surface area (Å²) in [4.78, 5) is 29.0. The summed E-state index contributed by atoms with van der Waals surface area (Å²) >= 11 is 0. The molecule has 0 unspecified atom stereocenters. The molecule has 16 heavy (non-hydrogen) atoms. The van der Waals surface area contributed by atoms with E-state index in [1.807, 2.05) is 0 Å². The predicted molar refractivity (Wildman–Crippen MR) is 47.8 cm³/mol. The number of carbonyl (C=O) groups is 2.